The van der Waals surface area contributed by atoms with Gasteiger partial charge in [0.2, 0.25) is 0 Å². The summed E-state index contributed by atoms with van der Waals surface area (Å²) in [6.07, 6.45) is 5.86. The average Bonchev–Trinajstić information content (AvgIpc) is 2.30. The molecule has 1 aromatic carbocycles. The van der Waals surface area contributed by atoms with Gasteiger partial charge in [0.15, 0.2) is 0 Å². The first-order valence-electron chi connectivity index (χ1n) is 4.71. The number of benzene rings is 1. The van der Waals surface area contributed by atoms with E-state index in [-0.39, 0.29) is 0 Å². The zero-order valence-corrected chi connectivity index (χ0v) is 8.13. The number of nitrogens with zero attached hydrogens (tertiary/aromatic N) is 1. The van der Waals surface area contributed by atoms with Gasteiger partial charge in [-0.2, -0.15) is 0 Å². The highest BCUT2D eigenvalue weighted by atomic mass is 16.4. The molecule has 0 fully saturated rings. The van der Waals surface area contributed by atoms with Crippen molar-refractivity contribution in [2.24, 2.45) is 0 Å². The van der Waals surface area contributed by atoms with E-state index in [4.69, 9.17) is 5.11 Å². The summed E-state index contributed by atoms with van der Waals surface area (Å²) < 4.78 is 0. The fourth-order valence-corrected chi connectivity index (χ4v) is 1.46. The number of hydrogen-bond donors (Lipinski definition) is 1. The van der Waals surface area contributed by atoms with Crippen LogP contribution in [-0.4, -0.2) is 11.1 Å². The lowest BCUT2D eigenvalue weighted by atomic mass is 10.1. The summed E-state index contributed by atoms with van der Waals surface area (Å²) in [5.41, 5.74) is 1.37. The summed E-state index contributed by atoms with van der Waals surface area (Å²) in [7, 11) is 0. The predicted octanol–water partition coefficient (Wildman–Crippen LogP) is 2.38. The van der Waals surface area contributed by atoms with Gasteiger partial charge in [-0.15, -0.1) is 0 Å². The van der Waals surface area contributed by atoms with Crippen LogP contribution in [0.15, 0.2) is 54.4 Å². The Bertz CT molecular complexity index is 421. The first-order chi connectivity index (χ1) is 7.27. The van der Waals surface area contributed by atoms with Crippen molar-refractivity contribution in [2.45, 2.75) is 6.42 Å². The lowest BCUT2D eigenvalue weighted by Gasteiger charge is -2.19. The summed E-state index contributed by atoms with van der Waals surface area (Å²) in [6.45, 7) is 0. The number of rotatable bonds is 2. The van der Waals surface area contributed by atoms with E-state index in [9.17, 15) is 4.79 Å². The van der Waals surface area contributed by atoms with E-state index in [2.05, 4.69) is 0 Å². The maximum atomic E-state index is 10.8. The van der Waals surface area contributed by atoms with Crippen molar-refractivity contribution in [1.29, 1.82) is 0 Å². The number of aliphatic carboxylic acids is 1. The zero-order chi connectivity index (χ0) is 10.7. The quantitative estimate of drug-likeness (QED) is 0.798. The minimum absolute atomic E-state index is 0.404. The molecule has 0 saturated carbocycles. The molecule has 0 radical (unpaired) electrons. The number of anilines is 1. The largest absolute Gasteiger partial charge is 0.478 e. The molecule has 0 aliphatic carbocycles. The summed E-state index contributed by atoms with van der Waals surface area (Å²) in [5, 5.41) is 8.87. The molecule has 2 rings (SSSR count). The Labute approximate surface area is 88.0 Å². The Morgan fingerprint density at radius 2 is 2.00 bits per heavy atom. The molecule has 0 amide bonds. The predicted molar refractivity (Wildman–Crippen MR) is 58.4 cm³/mol. The molecule has 15 heavy (non-hydrogen) atoms. The third-order valence-corrected chi connectivity index (χ3v) is 2.23. The lowest BCUT2D eigenvalue weighted by molar-refractivity contribution is -0.132. The van der Waals surface area contributed by atoms with Crippen molar-refractivity contribution in [3.63, 3.8) is 0 Å². The summed E-state index contributed by atoms with van der Waals surface area (Å²) >= 11 is 0. The molecule has 0 saturated heterocycles. The molecule has 0 bridgehead atoms. The van der Waals surface area contributed by atoms with E-state index < -0.39 is 5.97 Å². The van der Waals surface area contributed by atoms with E-state index in [1.165, 1.54) is 0 Å². The number of carboxylic acid groups (broad SMARTS) is 1. The maximum absolute atomic E-state index is 10.8. The van der Waals surface area contributed by atoms with Crippen LogP contribution in [0.2, 0.25) is 0 Å². The molecular weight excluding hydrogens is 190 g/mol. The second kappa shape index (κ2) is 4.00. The van der Waals surface area contributed by atoms with Gasteiger partial charge in [0.05, 0.1) is 5.57 Å². The SMILES string of the molecule is O=C(O)C1=CN(c2ccccc2)C=CC1. The first-order valence-corrected chi connectivity index (χ1v) is 4.71. The van der Waals surface area contributed by atoms with E-state index in [0.717, 1.165) is 5.69 Å². The van der Waals surface area contributed by atoms with Crippen molar-refractivity contribution in [3.8, 4) is 0 Å². The molecule has 1 aliphatic rings. The molecule has 1 heterocycles. The normalized spacial score (nSPS) is 14.9. The van der Waals surface area contributed by atoms with Gasteiger partial charge >= 0.3 is 5.97 Å². The van der Waals surface area contributed by atoms with Gasteiger partial charge in [0.25, 0.3) is 0 Å². The van der Waals surface area contributed by atoms with Crippen molar-refractivity contribution in [1.82, 2.24) is 0 Å². The fraction of sp³-hybridized carbons (Fsp3) is 0.0833. The molecular formula is C12H11NO2. The highest BCUT2D eigenvalue weighted by molar-refractivity contribution is 5.88. The third-order valence-electron chi connectivity index (χ3n) is 2.23. The van der Waals surface area contributed by atoms with Crippen LogP contribution in [0.3, 0.4) is 0 Å². The van der Waals surface area contributed by atoms with Crippen molar-refractivity contribution < 1.29 is 9.90 Å². The van der Waals surface area contributed by atoms with Crippen LogP contribution in [0.25, 0.3) is 0 Å². The monoisotopic (exact) mass is 201 g/mol. The van der Waals surface area contributed by atoms with Gasteiger partial charge in [-0.3, -0.25) is 0 Å². The Hall–Kier alpha value is -2.03. The van der Waals surface area contributed by atoms with Crippen LogP contribution in [-0.2, 0) is 4.79 Å². The Morgan fingerprint density at radius 3 is 2.67 bits per heavy atom. The van der Waals surface area contributed by atoms with Gasteiger partial charge < -0.3 is 10.0 Å². The molecule has 1 aliphatic heterocycles. The maximum Gasteiger partial charge on any atom is 0.333 e. The molecule has 0 spiro atoms. The van der Waals surface area contributed by atoms with Crippen LogP contribution >= 0.6 is 0 Å². The lowest BCUT2D eigenvalue weighted by Crippen LogP contribution is -2.14. The third kappa shape index (κ3) is 2.07. The number of para-hydroxylation sites is 1. The molecule has 0 aromatic heterocycles. The average molecular weight is 201 g/mol. The number of allylic oxidation sites excluding steroid dienone is 1. The van der Waals surface area contributed by atoms with Gasteiger partial charge in [0, 0.05) is 24.5 Å². The first kappa shape index (κ1) is 9.52. The van der Waals surface area contributed by atoms with Gasteiger partial charge in [-0.25, -0.2) is 4.79 Å². The molecule has 1 N–H and O–H groups in total. The Morgan fingerprint density at radius 1 is 1.27 bits per heavy atom. The van der Waals surface area contributed by atoms with E-state index >= 15 is 0 Å². The number of carboxylic acids is 1. The Kier molecular flexibility index (Phi) is 2.54. The molecule has 0 unspecified atom stereocenters. The molecule has 0 atom stereocenters. The van der Waals surface area contributed by atoms with Gasteiger partial charge in [0.1, 0.15) is 0 Å². The minimum Gasteiger partial charge on any atom is -0.478 e. The van der Waals surface area contributed by atoms with Crippen molar-refractivity contribution in [2.75, 3.05) is 4.90 Å². The highest BCUT2D eigenvalue weighted by Gasteiger charge is 2.11. The fourth-order valence-electron chi connectivity index (χ4n) is 1.46. The smallest absolute Gasteiger partial charge is 0.333 e. The van der Waals surface area contributed by atoms with Crippen LogP contribution in [0.4, 0.5) is 5.69 Å². The van der Waals surface area contributed by atoms with Crippen molar-refractivity contribution >= 4 is 11.7 Å². The zero-order valence-electron chi connectivity index (χ0n) is 8.13. The standard InChI is InChI=1S/C12H11NO2/c14-12(15)10-5-4-8-13(9-10)11-6-2-1-3-7-11/h1-4,6-9H,5H2,(H,14,15). The van der Waals surface area contributed by atoms with Crippen molar-refractivity contribution in [3.05, 3.63) is 54.4 Å². The second-order valence-electron chi connectivity index (χ2n) is 3.29. The van der Waals surface area contributed by atoms with E-state index in [1.807, 2.05) is 47.5 Å². The topological polar surface area (TPSA) is 40.5 Å². The van der Waals surface area contributed by atoms with Gasteiger partial charge in [-0.05, 0) is 12.1 Å². The van der Waals surface area contributed by atoms with Crippen LogP contribution in [0.5, 0.6) is 0 Å². The van der Waals surface area contributed by atoms with Crippen LogP contribution in [0, 0.1) is 0 Å². The van der Waals surface area contributed by atoms with E-state index in [0.29, 0.717) is 12.0 Å². The summed E-state index contributed by atoms with van der Waals surface area (Å²) in [4.78, 5) is 12.6. The highest BCUT2D eigenvalue weighted by Crippen LogP contribution is 2.20. The minimum atomic E-state index is -0.861. The van der Waals surface area contributed by atoms with Crippen LogP contribution < -0.4 is 4.90 Å². The molecule has 3 nitrogen and oxygen atoms in total. The second-order valence-corrected chi connectivity index (χ2v) is 3.29. The molecule has 3 heteroatoms. The Balaban J connectivity index is 2.28. The number of carbonyl (C=O) groups is 1. The number of hydrogen-bond acceptors (Lipinski definition) is 2. The summed E-state index contributed by atoms with van der Waals surface area (Å²) in [6, 6.07) is 9.65. The molecule has 1 aromatic rings. The molecule has 76 valence electrons. The van der Waals surface area contributed by atoms with Crippen LogP contribution in [0.1, 0.15) is 6.42 Å². The summed E-state index contributed by atoms with van der Waals surface area (Å²) in [5.74, 6) is -0.861. The van der Waals surface area contributed by atoms with E-state index in [1.54, 1.807) is 6.20 Å². The van der Waals surface area contributed by atoms with Gasteiger partial charge in [-0.1, -0.05) is 24.3 Å².